The molecule has 102 valence electrons. The van der Waals surface area contributed by atoms with Gasteiger partial charge in [-0.05, 0) is 12.3 Å². The highest BCUT2D eigenvalue weighted by Crippen LogP contribution is 2.11. The van der Waals surface area contributed by atoms with Crippen molar-refractivity contribution in [2.75, 3.05) is 11.5 Å². The van der Waals surface area contributed by atoms with E-state index < -0.39 is 9.84 Å². The van der Waals surface area contributed by atoms with Crippen LogP contribution in [0.25, 0.3) is 0 Å². The summed E-state index contributed by atoms with van der Waals surface area (Å²) in [5.74, 6) is 1.92. The zero-order valence-electron chi connectivity index (χ0n) is 10.8. The van der Waals surface area contributed by atoms with Crippen molar-refractivity contribution in [2.24, 2.45) is 5.92 Å². The average Bonchev–Trinajstić information content (AvgIpc) is 2.81. The molecule has 7 heteroatoms. The topological polar surface area (TPSA) is 76.9 Å². The number of hydrogen-bond donors (Lipinski definition) is 1. The summed E-state index contributed by atoms with van der Waals surface area (Å²) in [5, 5.41) is 7.43. The maximum Gasteiger partial charge on any atom is 0.151 e. The number of nitrogens with one attached hydrogen (secondary N) is 1. The van der Waals surface area contributed by atoms with E-state index in [0.29, 0.717) is 24.6 Å². The monoisotopic (exact) mass is 272 g/mol. The molecule has 1 fully saturated rings. The summed E-state index contributed by atoms with van der Waals surface area (Å²) in [6, 6.07) is 0.0548. The molecule has 1 aromatic rings. The van der Waals surface area contributed by atoms with Gasteiger partial charge in [-0.1, -0.05) is 13.8 Å². The lowest BCUT2D eigenvalue weighted by atomic mass is 10.2. The molecule has 1 atom stereocenters. The normalized spacial score (nSPS) is 22.7. The molecule has 1 aliphatic heterocycles. The summed E-state index contributed by atoms with van der Waals surface area (Å²) < 4.78 is 24.6. The van der Waals surface area contributed by atoms with Crippen LogP contribution >= 0.6 is 0 Å². The third-order valence-corrected chi connectivity index (χ3v) is 4.78. The molecule has 2 rings (SSSR count). The summed E-state index contributed by atoms with van der Waals surface area (Å²) in [6.45, 7) is 5.66. The lowest BCUT2D eigenvalue weighted by Gasteiger charge is -2.12. The van der Waals surface area contributed by atoms with Crippen LogP contribution in [0.5, 0.6) is 0 Å². The first-order chi connectivity index (χ1) is 8.46. The minimum absolute atomic E-state index is 0.0548. The largest absolute Gasteiger partial charge is 0.306 e. The maximum atomic E-state index is 11.3. The number of aromatic nitrogens is 3. The first-order valence-electron chi connectivity index (χ1n) is 6.27. The number of nitrogens with zero attached hydrogens (tertiary/aromatic N) is 3. The van der Waals surface area contributed by atoms with Crippen molar-refractivity contribution in [3.05, 3.63) is 12.2 Å². The molecule has 0 aliphatic carbocycles. The molecule has 2 heterocycles. The Bertz CT molecular complexity index is 495. The summed E-state index contributed by atoms with van der Waals surface area (Å²) in [7, 11) is -2.82. The van der Waals surface area contributed by atoms with E-state index in [1.807, 2.05) is 4.68 Å². The van der Waals surface area contributed by atoms with Crippen molar-refractivity contribution in [3.63, 3.8) is 0 Å². The Hall–Kier alpha value is -0.950. The standard InChI is InChI=1S/C11H20N4O2S/c1-9(2)6-15-11(13-8-14-15)5-12-10-3-4-18(16,17)7-10/h8-10,12H,3-7H2,1-2H3. The van der Waals surface area contributed by atoms with Gasteiger partial charge in [-0.15, -0.1) is 0 Å². The highest BCUT2D eigenvalue weighted by Gasteiger charge is 2.27. The minimum atomic E-state index is -2.82. The smallest absolute Gasteiger partial charge is 0.151 e. The Morgan fingerprint density at radius 2 is 2.33 bits per heavy atom. The predicted molar refractivity (Wildman–Crippen MR) is 68.8 cm³/mol. The highest BCUT2D eigenvalue weighted by atomic mass is 32.2. The molecule has 0 aromatic carbocycles. The van der Waals surface area contributed by atoms with E-state index in [1.54, 1.807) is 6.33 Å². The second kappa shape index (κ2) is 5.36. The lowest BCUT2D eigenvalue weighted by molar-refractivity contribution is 0.448. The lowest BCUT2D eigenvalue weighted by Crippen LogP contribution is -2.31. The SMILES string of the molecule is CC(C)Cn1ncnc1CNC1CCS(=O)(=O)C1. The Balaban J connectivity index is 1.89. The van der Waals surface area contributed by atoms with Crippen LogP contribution in [0.3, 0.4) is 0 Å². The number of hydrogen-bond acceptors (Lipinski definition) is 5. The maximum absolute atomic E-state index is 11.3. The number of sulfone groups is 1. The van der Waals surface area contributed by atoms with Gasteiger partial charge in [-0.25, -0.2) is 18.1 Å². The van der Waals surface area contributed by atoms with Crippen molar-refractivity contribution >= 4 is 9.84 Å². The Labute approximate surface area is 108 Å². The molecule has 1 saturated heterocycles. The summed E-state index contributed by atoms with van der Waals surface area (Å²) >= 11 is 0. The second-order valence-electron chi connectivity index (χ2n) is 5.23. The van der Waals surface area contributed by atoms with Crippen LogP contribution in [-0.2, 0) is 22.9 Å². The fraction of sp³-hybridized carbons (Fsp3) is 0.818. The quantitative estimate of drug-likeness (QED) is 0.829. The fourth-order valence-corrected chi connectivity index (χ4v) is 3.82. The molecule has 1 N–H and O–H groups in total. The molecular formula is C11H20N4O2S. The van der Waals surface area contributed by atoms with Gasteiger partial charge in [0.15, 0.2) is 9.84 Å². The summed E-state index contributed by atoms with van der Waals surface area (Å²) in [5.41, 5.74) is 0. The van der Waals surface area contributed by atoms with Crippen molar-refractivity contribution < 1.29 is 8.42 Å². The summed E-state index contributed by atoms with van der Waals surface area (Å²) in [6.07, 6.45) is 2.24. The minimum Gasteiger partial charge on any atom is -0.306 e. The molecule has 18 heavy (non-hydrogen) atoms. The Morgan fingerprint density at radius 3 is 2.94 bits per heavy atom. The Morgan fingerprint density at radius 1 is 1.56 bits per heavy atom. The molecule has 6 nitrogen and oxygen atoms in total. The van der Waals surface area contributed by atoms with E-state index in [-0.39, 0.29) is 11.8 Å². The highest BCUT2D eigenvalue weighted by molar-refractivity contribution is 7.91. The van der Waals surface area contributed by atoms with E-state index in [9.17, 15) is 8.42 Å². The van der Waals surface area contributed by atoms with Gasteiger partial charge in [0.2, 0.25) is 0 Å². The van der Waals surface area contributed by atoms with E-state index in [1.165, 1.54) is 0 Å². The van der Waals surface area contributed by atoms with Crippen molar-refractivity contribution in [3.8, 4) is 0 Å². The second-order valence-corrected chi connectivity index (χ2v) is 7.46. The molecule has 0 saturated carbocycles. The van der Waals surface area contributed by atoms with Crippen LogP contribution in [-0.4, -0.2) is 40.7 Å². The van der Waals surface area contributed by atoms with Gasteiger partial charge >= 0.3 is 0 Å². The zero-order valence-corrected chi connectivity index (χ0v) is 11.7. The van der Waals surface area contributed by atoms with Crippen LogP contribution < -0.4 is 5.32 Å². The van der Waals surface area contributed by atoms with Gasteiger partial charge in [0.25, 0.3) is 0 Å². The molecule has 1 unspecified atom stereocenters. The Kier molecular flexibility index (Phi) is 4.01. The van der Waals surface area contributed by atoms with E-state index in [2.05, 4.69) is 29.2 Å². The first kappa shape index (κ1) is 13.5. The zero-order chi connectivity index (χ0) is 13.2. The van der Waals surface area contributed by atoms with Gasteiger partial charge in [-0.3, -0.25) is 0 Å². The molecule has 0 bridgehead atoms. The van der Waals surface area contributed by atoms with E-state index >= 15 is 0 Å². The molecule has 0 radical (unpaired) electrons. The third-order valence-electron chi connectivity index (χ3n) is 3.02. The average molecular weight is 272 g/mol. The summed E-state index contributed by atoms with van der Waals surface area (Å²) in [4.78, 5) is 4.21. The predicted octanol–water partition coefficient (Wildman–Crippen LogP) is 0.211. The third kappa shape index (κ3) is 3.52. The van der Waals surface area contributed by atoms with Crippen LogP contribution in [0.2, 0.25) is 0 Å². The van der Waals surface area contributed by atoms with Crippen LogP contribution in [0.15, 0.2) is 6.33 Å². The van der Waals surface area contributed by atoms with Gasteiger partial charge in [0, 0.05) is 12.6 Å². The first-order valence-corrected chi connectivity index (χ1v) is 8.09. The van der Waals surface area contributed by atoms with Crippen molar-refractivity contribution in [2.45, 2.75) is 39.4 Å². The van der Waals surface area contributed by atoms with Crippen LogP contribution in [0, 0.1) is 5.92 Å². The number of rotatable bonds is 5. The van der Waals surface area contributed by atoms with Gasteiger partial charge in [0.1, 0.15) is 12.2 Å². The fourth-order valence-electron chi connectivity index (χ4n) is 2.11. The van der Waals surface area contributed by atoms with Crippen molar-refractivity contribution in [1.29, 1.82) is 0 Å². The van der Waals surface area contributed by atoms with E-state index in [4.69, 9.17) is 0 Å². The molecule has 1 aliphatic rings. The van der Waals surface area contributed by atoms with E-state index in [0.717, 1.165) is 12.4 Å². The molecule has 1 aromatic heterocycles. The molecule has 0 amide bonds. The van der Waals surface area contributed by atoms with Gasteiger partial charge < -0.3 is 5.32 Å². The van der Waals surface area contributed by atoms with Crippen molar-refractivity contribution in [1.82, 2.24) is 20.1 Å². The van der Waals surface area contributed by atoms with Gasteiger partial charge in [0.05, 0.1) is 18.1 Å². The van der Waals surface area contributed by atoms with Crippen LogP contribution in [0.1, 0.15) is 26.1 Å². The van der Waals surface area contributed by atoms with Gasteiger partial charge in [-0.2, -0.15) is 5.10 Å². The molecule has 0 spiro atoms. The molecular weight excluding hydrogens is 252 g/mol. The van der Waals surface area contributed by atoms with Crippen LogP contribution in [0.4, 0.5) is 0 Å².